The summed E-state index contributed by atoms with van der Waals surface area (Å²) < 4.78 is 5.29. The summed E-state index contributed by atoms with van der Waals surface area (Å²) in [7, 11) is 1.83. The van der Waals surface area contributed by atoms with Crippen LogP contribution in [0.1, 0.15) is 5.69 Å². The van der Waals surface area contributed by atoms with Crippen LogP contribution in [-0.2, 0) is 16.0 Å². The van der Waals surface area contributed by atoms with E-state index >= 15 is 0 Å². The molecular formula is C12H19N3O2. The minimum Gasteiger partial charge on any atom is -0.378 e. The molecule has 1 aromatic rings. The molecule has 0 saturated carbocycles. The zero-order valence-electron chi connectivity index (χ0n) is 10.1. The number of morpholine rings is 1. The van der Waals surface area contributed by atoms with Gasteiger partial charge in [-0.25, -0.2) is 0 Å². The first-order valence-electron chi connectivity index (χ1n) is 5.96. The Morgan fingerprint density at radius 3 is 3.18 bits per heavy atom. The molecule has 1 atom stereocenters. The Morgan fingerprint density at radius 2 is 2.53 bits per heavy atom. The zero-order chi connectivity index (χ0) is 12.1. The van der Waals surface area contributed by atoms with Gasteiger partial charge in [-0.1, -0.05) is 0 Å². The van der Waals surface area contributed by atoms with Crippen molar-refractivity contribution in [2.75, 3.05) is 33.4 Å². The number of rotatable bonds is 4. The van der Waals surface area contributed by atoms with Gasteiger partial charge in [0.15, 0.2) is 0 Å². The minimum atomic E-state index is -0.183. The second-order valence-corrected chi connectivity index (χ2v) is 4.29. The molecule has 1 aliphatic heterocycles. The summed E-state index contributed by atoms with van der Waals surface area (Å²) in [6, 6.07) is 3.81. The van der Waals surface area contributed by atoms with Crippen molar-refractivity contribution >= 4 is 5.91 Å². The Labute approximate surface area is 101 Å². The molecule has 1 saturated heterocycles. The van der Waals surface area contributed by atoms with Crippen LogP contribution in [0, 0.1) is 0 Å². The van der Waals surface area contributed by atoms with E-state index in [2.05, 4.69) is 10.3 Å². The first-order valence-corrected chi connectivity index (χ1v) is 5.96. The third-order valence-electron chi connectivity index (χ3n) is 2.97. The number of hydrogen-bond acceptors (Lipinski definition) is 3. The molecule has 5 nitrogen and oxygen atoms in total. The molecule has 2 N–H and O–H groups in total. The highest BCUT2D eigenvalue weighted by molar-refractivity contribution is 5.81. The highest BCUT2D eigenvalue weighted by Gasteiger charge is 2.23. The lowest BCUT2D eigenvalue weighted by Crippen LogP contribution is -2.51. The van der Waals surface area contributed by atoms with Crippen molar-refractivity contribution in [2.24, 2.45) is 0 Å². The maximum atomic E-state index is 12.0. The second-order valence-electron chi connectivity index (χ2n) is 4.29. The Balaban J connectivity index is 1.78. The van der Waals surface area contributed by atoms with Gasteiger partial charge >= 0.3 is 0 Å². The lowest BCUT2D eigenvalue weighted by Gasteiger charge is -2.27. The molecule has 0 spiro atoms. The first-order chi connectivity index (χ1) is 8.27. The van der Waals surface area contributed by atoms with E-state index in [1.165, 1.54) is 0 Å². The Morgan fingerprint density at radius 1 is 1.65 bits per heavy atom. The summed E-state index contributed by atoms with van der Waals surface area (Å²) in [5.41, 5.74) is 1.15. The molecule has 1 unspecified atom stereocenters. The summed E-state index contributed by atoms with van der Waals surface area (Å²) in [5.74, 6) is 0.108. The lowest BCUT2D eigenvalue weighted by atomic mass is 10.2. The van der Waals surface area contributed by atoms with E-state index in [4.69, 9.17) is 4.74 Å². The van der Waals surface area contributed by atoms with Gasteiger partial charge in [-0.15, -0.1) is 0 Å². The molecule has 0 aliphatic carbocycles. The van der Waals surface area contributed by atoms with Crippen LogP contribution in [-0.4, -0.2) is 55.2 Å². The number of carbonyl (C=O) groups is 1. The molecule has 1 amide bonds. The highest BCUT2D eigenvalue weighted by atomic mass is 16.5. The topological polar surface area (TPSA) is 57.4 Å². The largest absolute Gasteiger partial charge is 0.378 e. The van der Waals surface area contributed by atoms with Crippen molar-refractivity contribution in [3.63, 3.8) is 0 Å². The Bertz CT molecular complexity index is 345. The summed E-state index contributed by atoms with van der Waals surface area (Å²) in [4.78, 5) is 16.9. The number of nitrogens with one attached hydrogen (secondary N) is 2. The fraction of sp³-hybridized carbons (Fsp3) is 0.583. The summed E-state index contributed by atoms with van der Waals surface area (Å²) in [6.07, 6.45) is 2.75. The average molecular weight is 237 g/mol. The van der Waals surface area contributed by atoms with Crippen LogP contribution in [0.25, 0.3) is 0 Å². The van der Waals surface area contributed by atoms with Crippen LogP contribution in [0.3, 0.4) is 0 Å². The molecule has 1 fully saturated rings. The standard InChI is InChI=1S/C12H19N3O2/c1-15(7-4-10-3-2-5-13-10)12(16)11-9-17-8-6-14-11/h2-3,5,11,13-14H,4,6-9H2,1H3. The minimum absolute atomic E-state index is 0.108. The van der Waals surface area contributed by atoms with E-state index in [0.29, 0.717) is 13.2 Å². The van der Waals surface area contributed by atoms with Gasteiger partial charge in [-0.05, 0) is 12.1 Å². The molecule has 2 heterocycles. The SMILES string of the molecule is CN(CCc1ccc[nH]1)C(=O)C1COCCN1. The summed E-state index contributed by atoms with van der Waals surface area (Å²) in [5, 5.41) is 3.17. The molecule has 94 valence electrons. The summed E-state index contributed by atoms with van der Waals surface area (Å²) in [6.45, 7) is 2.64. The average Bonchev–Trinajstić information content (AvgIpc) is 2.89. The Kier molecular flexibility index (Phi) is 4.17. The second kappa shape index (κ2) is 5.84. The number of amides is 1. The first kappa shape index (κ1) is 12.1. The number of aromatic nitrogens is 1. The Hall–Kier alpha value is -1.33. The molecule has 1 aromatic heterocycles. The van der Waals surface area contributed by atoms with Crippen molar-refractivity contribution in [3.8, 4) is 0 Å². The molecule has 2 rings (SSSR count). The molecule has 5 heteroatoms. The van der Waals surface area contributed by atoms with Crippen LogP contribution in [0.5, 0.6) is 0 Å². The van der Waals surface area contributed by atoms with Crippen molar-refractivity contribution in [3.05, 3.63) is 24.0 Å². The van der Waals surface area contributed by atoms with Gasteiger partial charge < -0.3 is 19.9 Å². The van der Waals surface area contributed by atoms with E-state index in [9.17, 15) is 4.79 Å². The number of aromatic amines is 1. The number of carbonyl (C=O) groups excluding carboxylic acids is 1. The highest BCUT2D eigenvalue weighted by Crippen LogP contribution is 2.01. The summed E-state index contributed by atoms with van der Waals surface area (Å²) >= 11 is 0. The van der Waals surface area contributed by atoms with Gasteiger partial charge in [0.2, 0.25) is 5.91 Å². The van der Waals surface area contributed by atoms with Crippen LogP contribution >= 0.6 is 0 Å². The van der Waals surface area contributed by atoms with Crippen LogP contribution in [0.4, 0.5) is 0 Å². The van der Waals surface area contributed by atoms with Crippen LogP contribution in [0.15, 0.2) is 18.3 Å². The van der Waals surface area contributed by atoms with E-state index in [1.807, 2.05) is 25.4 Å². The predicted molar refractivity (Wildman–Crippen MR) is 64.7 cm³/mol. The molecular weight excluding hydrogens is 218 g/mol. The van der Waals surface area contributed by atoms with E-state index < -0.39 is 0 Å². The third kappa shape index (κ3) is 3.31. The van der Waals surface area contributed by atoms with Crippen LogP contribution < -0.4 is 5.32 Å². The van der Waals surface area contributed by atoms with Gasteiger partial charge in [-0.2, -0.15) is 0 Å². The zero-order valence-corrected chi connectivity index (χ0v) is 10.1. The van der Waals surface area contributed by atoms with E-state index in [1.54, 1.807) is 4.90 Å². The molecule has 1 aliphatic rings. The fourth-order valence-electron chi connectivity index (χ4n) is 1.91. The van der Waals surface area contributed by atoms with Crippen LogP contribution in [0.2, 0.25) is 0 Å². The molecule has 0 aromatic carbocycles. The van der Waals surface area contributed by atoms with Gasteiger partial charge in [0.25, 0.3) is 0 Å². The lowest BCUT2D eigenvalue weighted by molar-refractivity contribution is -0.135. The molecule has 0 bridgehead atoms. The molecule has 17 heavy (non-hydrogen) atoms. The van der Waals surface area contributed by atoms with Gasteiger partial charge in [0, 0.05) is 38.4 Å². The molecule has 0 radical (unpaired) electrons. The van der Waals surface area contributed by atoms with E-state index in [-0.39, 0.29) is 11.9 Å². The third-order valence-corrected chi connectivity index (χ3v) is 2.97. The normalized spacial score (nSPS) is 20.2. The number of H-pyrrole nitrogens is 1. The smallest absolute Gasteiger partial charge is 0.241 e. The maximum absolute atomic E-state index is 12.0. The monoisotopic (exact) mass is 237 g/mol. The van der Waals surface area contributed by atoms with Gasteiger partial charge in [-0.3, -0.25) is 4.79 Å². The van der Waals surface area contributed by atoms with Gasteiger partial charge in [0.1, 0.15) is 6.04 Å². The number of hydrogen-bond donors (Lipinski definition) is 2. The number of ether oxygens (including phenoxy) is 1. The van der Waals surface area contributed by atoms with Crippen molar-refractivity contribution < 1.29 is 9.53 Å². The number of likely N-dealkylation sites (N-methyl/N-ethyl adjacent to an activating group) is 1. The van der Waals surface area contributed by atoms with E-state index in [0.717, 1.165) is 25.2 Å². The fourth-order valence-corrected chi connectivity index (χ4v) is 1.91. The maximum Gasteiger partial charge on any atom is 0.241 e. The van der Waals surface area contributed by atoms with Crippen molar-refractivity contribution in [1.82, 2.24) is 15.2 Å². The number of nitrogens with zero attached hydrogens (tertiary/aromatic N) is 1. The quantitative estimate of drug-likeness (QED) is 0.775. The van der Waals surface area contributed by atoms with Crippen molar-refractivity contribution in [1.29, 1.82) is 0 Å². The predicted octanol–water partition coefficient (Wildman–Crippen LogP) is 0.00400. The van der Waals surface area contributed by atoms with Gasteiger partial charge in [0.05, 0.1) is 13.2 Å². The van der Waals surface area contributed by atoms with Crippen molar-refractivity contribution in [2.45, 2.75) is 12.5 Å².